The highest BCUT2D eigenvalue weighted by molar-refractivity contribution is 5.81. The van der Waals surface area contributed by atoms with Crippen LogP contribution in [-0.4, -0.2) is 80.7 Å². The predicted molar refractivity (Wildman–Crippen MR) is 169 cm³/mol. The molecule has 4 rings (SSSR count). The topological polar surface area (TPSA) is 154 Å². The summed E-state index contributed by atoms with van der Waals surface area (Å²) >= 11 is 0. The van der Waals surface area contributed by atoms with E-state index in [1.165, 1.54) is 0 Å². The molecule has 0 bridgehead atoms. The molecule has 1 aliphatic heterocycles. The Morgan fingerprint density at radius 3 is 2.44 bits per heavy atom. The molecule has 3 fully saturated rings. The van der Waals surface area contributed by atoms with Crippen LogP contribution in [-0.2, 0) is 19.1 Å². The summed E-state index contributed by atoms with van der Waals surface area (Å²) in [7, 11) is 0. The van der Waals surface area contributed by atoms with Gasteiger partial charge in [0.2, 0.25) is 0 Å². The Kier molecular flexibility index (Phi) is 11.4. The van der Waals surface area contributed by atoms with Crippen molar-refractivity contribution in [3.05, 3.63) is 11.6 Å². The second kappa shape index (κ2) is 14.0. The van der Waals surface area contributed by atoms with Crippen molar-refractivity contribution in [1.82, 2.24) is 0 Å². The van der Waals surface area contributed by atoms with Crippen LogP contribution in [0.4, 0.5) is 0 Å². The van der Waals surface area contributed by atoms with Gasteiger partial charge in [-0.1, -0.05) is 46.3 Å². The molecule has 0 aromatic heterocycles. The van der Waals surface area contributed by atoms with Gasteiger partial charge in [0, 0.05) is 43.3 Å². The minimum absolute atomic E-state index is 0.0200. The molecule has 45 heavy (non-hydrogen) atoms. The molecule has 3 aliphatic carbocycles. The number of allylic oxidation sites excluding steroid dienone is 1. The molecule has 1 heterocycles. The molecule has 9 heteroatoms. The van der Waals surface area contributed by atoms with Crippen molar-refractivity contribution >= 4 is 11.8 Å². The first kappa shape index (κ1) is 36.5. The Balaban J connectivity index is 1.47. The van der Waals surface area contributed by atoms with E-state index in [-0.39, 0.29) is 72.4 Å². The van der Waals surface area contributed by atoms with Crippen molar-refractivity contribution < 1.29 is 44.6 Å². The molecule has 0 radical (unpaired) electrons. The van der Waals surface area contributed by atoms with E-state index in [1.54, 1.807) is 13.8 Å². The van der Waals surface area contributed by atoms with Crippen LogP contribution in [0.3, 0.4) is 0 Å². The van der Waals surface area contributed by atoms with Gasteiger partial charge in [0.05, 0.1) is 24.4 Å². The lowest BCUT2D eigenvalue weighted by Crippen LogP contribution is -2.58. The van der Waals surface area contributed by atoms with Gasteiger partial charge in [-0.3, -0.25) is 9.59 Å². The van der Waals surface area contributed by atoms with Gasteiger partial charge in [0.1, 0.15) is 11.7 Å². The lowest BCUT2D eigenvalue weighted by atomic mass is 9.64. The minimum Gasteiger partial charge on any atom is -0.465 e. The fourth-order valence-electron chi connectivity index (χ4n) is 9.76. The number of aliphatic hydroxyl groups is 5. The molecule has 2 saturated carbocycles. The van der Waals surface area contributed by atoms with Crippen molar-refractivity contribution in [2.24, 2.45) is 58.7 Å². The number of carbonyl (C=O) groups is 2. The standard InChI is InChI=1S/C36H60O9/c1-8-9-29(39)22(4)32-20(2)14-21(3)36(43,45-32)23(5)33(41)44-19-25(18-38)26-10-12-34(6)16-27-24(17-37)15-30(40)31(27)35(7,42)13-11-28(26)34/h11,20-27,30-32,37-38,40,42-43H,8-10,12-19H2,1-7H3/t20?,21?,22?,23?,24-,25+,26+,27+,30-,31+,32?,34+,35+,36?/m1/s1. The fourth-order valence-corrected chi connectivity index (χ4v) is 9.76. The molecule has 5 N–H and O–H groups in total. The Labute approximate surface area is 269 Å². The Morgan fingerprint density at radius 1 is 1.13 bits per heavy atom. The van der Waals surface area contributed by atoms with Gasteiger partial charge >= 0.3 is 5.97 Å². The largest absolute Gasteiger partial charge is 0.465 e. The van der Waals surface area contributed by atoms with E-state index < -0.39 is 41.4 Å². The predicted octanol–water partition coefficient (Wildman–Crippen LogP) is 4.02. The zero-order chi connectivity index (χ0) is 33.5. The van der Waals surface area contributed by atoms with E-state index in [1.807, 2.05) is 27.7 Å². The molecule has 0 spiro atoms. The number of aliphatic hydroxyl groups excluding tert-OH is 3. The summed E-state index contributed by atoms with van der Waals surface area (Å²) in [6.45, 7) is 13.0. The molecule has 14 atom stereocenters. The second-order valence-corrected chi connectivity index (χ2v) is 15.8. The lowest BCUT2D eigenvalue weighted by Gasteiger charge is -2.48. The average molecular weight is 637 g/mol. The van der Waals surface area contributed by atoms with Gasteiger partial charge in [-0.05, 0) is 87.9 Å². The maximum absolute atomic E-state index is 13.5. The normalized spacial score (nSPS) is 43.7. The first-order valence-electron chi connectivity index (χ1n) is 17.5. The summed E-state index contributed by atoms with van der Waals surface area (Å²) in [5.41, 5.74) is -0.204. The first-order chi connectivity index (χ1) is 21.0. The van der Waals surface area contributed by atoms with Crippen LogP contribution in [0.1, 0.15) is 99.8 Å². The number of esters is 1. The highest BCUT2D eigenvalue weighted by Crippen LogP contribution is 2.59. The van der Waals surface area contributed by atoms with Gasteiger partial charge in [0.15, 0.2) is 5.79 Å². The molecular formula is C36H60O9. The number of ketones is 1. The molecule has 0 aromatic carbocycles. The molecule has 258 valence electrons. The quantitative estimate of drug-likeness (QED) is 0.167. The third kappa shape index (κ3) is 6.95. The van der Waals surface area contributed by atoms with E-state index in [0.717, 1.165) is 31.3 Å². The summed E-state index contributed by atoms with van der Waals surface area (Å²) < 4.78 is 12.1. The third-order valence-corrected chi connectivity index (χ3v) is 12.5. The van der Waals surface area contributed by atoms with Crippen molar-refractivity contribution in [1.29, 1.82) is 0 Å². The third-order valence-electron chi connectivity index (χ3n) is 12.5. The lowest BCUT2D eigenvalue weighted by molar-refractivity contribution is -0.318. The molecule has 1 saturated heterocycles. The summed E-state index contributed by atoms with van der Waals surface area (Å²) in [5, 5.41) is 54.7. The monoisotopic (exact) mass is 636 g/mol. The number of Topliss-reactive ketones (excluding diaryl/α,β-unsaturated/α-hetero) is 1. The maximum atomic E-state index is 13.5. The van der Waals surface area contributed by atoms with Crippen LogP contribution in [0.5, 0.6) is 0 Å². The van der Waals surface area contributed by atoms with Crippen molar-refractivity contribution in [2.45, 2.75) is 123 Å². The second-order valence-electron chi connectivity index (χ2n) is 15.8. The Hall–Kier alpha value is -1.36. The van der Waals surface area contributed by atoms with Crippen LogP contribution < -0.4 is 0 Å². The number of carbonyl (C=O) groups excluding carboxylic acids is 2. The number of fused-ring (bicyclic) bond motifs is 2. The van der Waals surface area contributed by atoms with Gasteiger partial charge in [0.25, 0.3) is 0 Å². The molecule has 9 nitrogen and oxygen atoms in total. The molecular weight excluding hydrogens is 576 g/mol. The Morgan fingerprint density at radius 2 is 1.82 bits per heavy atom. The zero-order valence-electron chi connectivity index (χ0n) is 28.6. The highest BCUT2D eigenvalue weighted by atomic mass is 16.6. The van der Waals surface area contributed by atoms with Crippen molar-refractivity contribution in [3.8, 4) is 0 Å². The van der Waals surface area contributed by atoms with Crippen LogP contribution in [0.2, 0.25) is 0 Å². The fraction of sp³-hybridized carbons (Fsp3) is 0.889. The average Bonchev–Trinajstić information content (AvgIpc) is 3.47. The molecule has 6 unspecified atom stereocenters. The van der Waals surface area contributed by atoms with E-state index in [2.05, 4.69) is 13.0 Å². The van der Waals surface area contributed by atoms with Crippen molar-refractivity contribution in [2.75, 3.05) is 19.8 Å². The number of ether oxygens (including phenoxy) is 2. The van der Waals surface area contributed by atoms with Gasteiger partial charge < -0.3 is 35.0 Å². The van der Waals surface area contributed by atoms with Crippen molar-refractivity contribution in [3.63, 3.8) is 0 Å². The van der Waals surface area contributed by atoms with Crippen LogP contribution in [0.25, 0.3) is 0 Å². The van der Waals surface area contributed by atoms with Gasteiger partial charge in [-0.2, -0.15) is 0 Å². The smallest absolute Gasteiger partial charge is 0.314 e. The maximum Gasteiger partial charge on any atom is 0.314 e. The van der Waals surface area contributed by atoms with E-state index in [4.69, 9.17) is 9.47 Å². The summed E-state index contributed by atoms with van der Waals surface area (Å²) in [5.74, 6) is -4.84. The SMILES string of the molecule is CCCC(=O)C(C)C1OC(O)(C(C)C(=O)OC[C@H](CO)[C@@H]2CC[C@@]3(C)C[C@H]4[C@@H](CO)C[C@@H](O)[C@H]4[C@@](C)(O)CC=C23)C(C)CC1C. The summed E-state index contributed by atoms with van der Waals surface area (Å²) in [6.07, 6.45) is 5.94. The number of rotatable bonds is 11. The van der Waals surface area contributed by atoms with Crippen LogP contribution >= 0.6 is 0 Å². The van der Waals surface area contributed by atoms with Gasteiger partial charge in [-0.15, -0.1) is 0 Å². The molecule has 0 amide bonds. The minimum atomic E-state index is -1.78. The zero-order valence-corrected chi connectivity index (χ0v) is 28.6. The van der Waals surface area contributed by atoms with E-state index in [0.29, 0.717) is 25.7 Å². The molecule has 0 aromatic rings. The van der Waals surface area contributed by atoms with Crippen LogP contribution in [0.15, 0.2) is 11.6 Å². The summed E-state index contributed by atoms with van der Waals surface area (Å²) in [4.78, 5) is 26.2. The highest BCUT2D eigenvalue weighted by Gasteiger charge is 2.56. The first-order valence-corrected chi connectivity index (χ1v) is 17.5. The van der Waals surface area contributed by atoms with E-state index in [9.17, 15) is 35.1 Å². The number of hydrogen-bond donors (Lipinski definition) is 5. The Bertz CT molecular complexity index is 1090. The van der Waals surface area contributed by atoms with Gasteiger partial charge in [-0.25, -0.2) is 0 Å². The van der Waals surface area contributed by atoms with Crippen LogP contribution in [0, 0.1) is 58.7 Å². The summed E-state index contributed by atoms with van der Waals surface area (Å²) in [6, 6.07) is 0. The molecule has 4 aliphatic rings. The van der Waals surface area contributed by atoms with E-state index >= 15 is 0 Å². The number of hydrogen-bond acceptors (Lipinski definition) is 9.